The average Bonchev–Trinajstić information content (AvgIpc) is 2.99. The summed E-state index contributed by atoms with van der Waals surface area (Å²) in [6.07, 6.45) is 1.47. The number of hydrazone groups is 1. The van der Waals surface area contributed by atoms with Gasteiger partial charge in [-0.2, -0.15) is 5.10 Å². The maximum Gasteiger partial charge on any atom is 0.343 e. The second kappa shape index (κ2) is 13.1. The van der Waals surface area contributed by atoms with Gasteiger partial charge in [0.1, 0.15) is 11.5 Å². The van der Waals surface area contributed by atoms with E-state index in [1.807, 2.05) is 42.5 Å². The molecule has 0 fully saturated rings. The standard InChI is InChI=1S/C33H22Cl2N2O5/c34-26-13-8-22(9-14-26)32(39)41-28-17-12-25(30(19-28)42-33(40)23-10-15-27(35)16-11-23)20-36-37-31(38)18-24-6-3-5-21-4-1-2-7-29(21)24/h1-17,19-20H,18H2,(H,37,38). The molecule has 5 rings (SSSR count). The van der Waals surface area contributed by atoms with Crippen molar-refractivity contribution < 1.29 is 23.9 Å². The predicted octanol–water partition coefficient (Wildman–Crippen LogP) is 7.28. The van der Waals surface area contributed by atoms with Crippen LogP contribution < -0.4 is 14.9 Å². The van der Waals surface area contributed by atoms with Gasteiger partial charge in [-0.3, -0.25) is 4.79 Å². The van der Waals surface area contributed by atoms with E-state index in [1.165, 1.54) is 42.6 Å². The van der Waals surface area contributed by atoms with Crippen LogP contribution in [0.1, 0.15) is 31.8 Å². The highest BCUT2D eigenvalue weighted by Gasteiger charge is 2.15. The van der Waals surface area contributed by atoms with E-state index in [0.29, 0.717) is 21.2 Å². The van der Waals surface area contributed by atoms with E-state index in [9.17, 15) is 14.4 Å². The van der Waals surface area contributed by atoms with E-state index in [4.69, 9.17) is 32.7 Å². The number of nitrogens with zero attached hydrogens (tertiary/aromatic N) is 1. The largest absolute Gasteiger partial charge is 0.423 e. The van der Waals surface area contributed by atoms with Crippen molar-refractivity contribution in [1.29, 1.82) is 0 Å². The summed E-state index contributed by atoms with van der Waals surface area (Å²) in [5, 5.41) is 7.04. The summed E-state index contributed by atoms with van der Waals surface area (Å²) in [6, 6.07) is 30.4. The van der Waals surface area contributed by atoms with Crippen LogP contribution in [0, 0.1) is 0 Å². The lowest BCUT2D eigenvalue weighted by molar-refractivity contribution is -0.120. The summed E-state index contributed by atoms with van der Waals surface area (Å²) in [5.41, 5.74) is 4.29. The fraction of sp³-hybridized carbons (Fsp3) is 0.0303. The molecule has 0 aliphatic rings. The monoisotopic (exact) mass is 596 g/mol. The minimum absolute atomic E-state index is 0.0587. The summed E-state index contributed by atoms with van der Waals surface area (Å²) >= 11 is 11.8. The van der Waals surface area contributed by atoms with Crippen LogP contribution in [-0.4, -0.2) is 24.1 Å². The van der Waals surface area contributed by atoms with Crippen LogP contribution in [-0.2, 0) is 11.2 Å². The quantitative estimate of drug-likeness (QED) is 0.0879. The molecule has 1 N–H and O–H groups in total. The molecule has 0 bridgehead atoms. The van der Waals surface area contributed by atoms with Crippen molar-refractivity contribution in [3.8, 4) is 11.5 Å². The Labute approximate surface area is 251 Å². The first-order valence-corrected chi connectivity index (χ1v) is 13.5. The third-order valence-electron chi connectivity index (χ3n) is 6.18. The number of esters is 2. The second-order valence-electron chi connectivity index (χ2n) is 9.10. The lowest BCUT2D eigenvalue weighted by Crippen LogP contribution is -2.20. The van der Waals surface area contributed by atoms with Crippen molar-refractivity contribution >= 4 is 58.0 Å². The molecule has 7 nitrogen and oxygen atoms in total. The summed E-state index contributed by atoms with van der Waals surface area (Å²) < 4.78 is 11.1. The zero-order valence-corrected chi connectivity index (χ0v) is 23.4. The molecule has 208 valence electrons. The van der Waals surface area contributed by atoms with Gasteiger partial charge in [-0.05, 0) is 77.0 Å². The van der Waals surface area contributed by atoms with Crippen molar-refractivity contribution in [2.45, 2.75) is 6.42 Å². The highest BCUT2D eigenvalue weighted by molar-refractivity contribution is 6.31. The Hall–Kier alpha value is -4.98. The molecule has 42 heavy (non-hydrogen) atoms. The first kappa shape index (κ1) is 28.5. The Bertz CT molecular complexity index is 1800. The van der Waals surface area contributed by atoms with Gasteiger partial charge in [-0.15, -0.1) is 0 Å². The van der Waals surface area contributed by atoms with Gasteiger partial charge < -0.3 is 9.47 Å². The van der Waals surface area contributed by atoms with Gasteiger partial charge in [0, 0.05) is 21.7 Å². The zero-order chi connectivity index (χ0) is 29.5. The molecule has 0 radical (unpaired) electrons. The first-order chi connectivity index (χ1) is 20.4. The Morgan fingerprint density at radius 1 is 0.714 bits per heavy atom. The van der Waals surface area contributed by atoms with Crippen molar-refractivity contribution in [2.75, 3.05) is 0 Å². The third-order valence-corrected chi connectivity index (χ3v) is 6.69. The van der Waals surface area contributed by atoms with Crippen LogP contribution >= 0.6 is 23.2 Å². The van der Waals surface area contributed by atoms with Gasteiger partial charge in [-0.1, -0.05) is 65.7 Å². The fourth-order valence-corrected chi connectivity index (χ4v) is 4.35. The highest BCUT2D eigenvalue weighted by Crippen LogP contribution is 2.26. The van der Waals surface area contributed by atoms with Crippen molar-refractivity contribution in [3.05, 3.63) is 141 Å². The Morgan fingerprint density at radius 3 is 2.02 bits per heavy atom. The van der Waals surface area contributed by atoms with Crippen molar-refractivity contribution in [3.63, 3.8) is 0 Å². The zero-order valence-electron chi connectivity index (χ0n) is 21.9. The van der Waals surface area contributed by atoms with E-state index in [2.05, 4.69) is 10.5 Å². The minimum Gasteiger partial charge on any atom is -0.423 e. The van der Waals surface area contributed by atoms with Gasteiger partial charge in [0.15, 0.2) is 0 Å². The molecular formula is C33H22Cl2N2O5. The SMILES string of the molecule is O=C(Cc1cccc2ccccc12)NN=Cc1ccc(OC(=O)c2ccc(Cl)cc2)cc1OC(=O)c1ccc(Cl)cc1. The van der Waals surface area contributed by atoms with Crippen molar-refractivity contribution in [2.24, 2.45) is 5.10 Å². The second-order valence-corrected chi connectivity index (χ2v) is 9.97. The number of nitrogens with one attached hydrogen (secondary N) is 1. The van der Waals surface area contributed by atoms with Crippen LogP contribution in [0.15, 0.2) is 114 Å². The lowest BCUT2D eigenvalue weighted by atomic mass is 10.0. The van der Waals surface area contributed by atoms with E-state index in [-0.39, 0.29) is 29.4 Å². The number of hydrogen-bond acceptors (Lipinski definition) is 6. The van der Waals surface area contributed by atoms with Gasteiger partial charge in [-0.25, -0.2) is 15.0 Å². The molecule has 0 aliphatic heterocycles. The van der Waals surface area contributed by atoms with Crippen LogP contribution in [0.4, 0.5) is 0 Å². The summed E-state index contributed by atoms with van der Waals surface area (Å²) in [4.78, 5) is 38.1. The fourth-order valence-electron chi connectivity index (χ4n) is 4.10. The third kappa shape index (κ3) is 7.20. The average molecular weight is 597 g/mol. The Kier molecular flexibility index (Phi) is 8.92. The van der Waals surface area contributed by atoms with E-state index in [1.54, 1.807) is 30.3 Å². The lowest BCUT2D eigenvalue weighted by Gasteiger charge is -2.11. The van der Waals surface area contributed by atoms with E-state index >= 15 is 0 Å². The van der Waals surface area contributed by atoms with E-state index in [0.717, 1.165) is 16.3 Å². The molecule has 9 heteroatoms. The number of carbonyl (C=O) groups excluding carboxylic acids is 3. The molecule has 0 saturated carbocycles. The highest BCUT2D eigenvalue weighted by atomic mass is 35.5. The molecule has 0 atom stereocenters. The van der Waals surface area contributed by atoms with Gasteiger partial charge in [0.2, 0.25) is 5.91 Å². The molecule has 5 aromatic carbocycles. The van der Waals surface area contributed by atoms with E-state index < -0.39 is 11.9 Å². The molecular weight excluding hydrogens is 575 g/mol. The smallest absolute Gasteiger partial charge is 0.343 e. The molecule has 1 amide bonds. The Balaban J connectivity index is 1.34. The maximum absolute atomic E-state index is 12.9. The molecule has 0 spiro atoms. The molecule has 5 aromatic rings. The number of amides is 1. The van der Waals surface area contributed by atoms with Gasteiger partial charge in [0.25, 0.3) is 0 Å². The summed E-state index contributed by atoms with van der Waals surface area (Å²) in [6.45, 7) is 0. The van der Waals surface area contributed by atoms with Crippen LogP contribution in [0.2, 0.25) is 10.0 Å². The number of fused-ring (bicyclic) bond motifs is 1. The summed E-state index contributed by atoms with van der Waals surface area (Å²) in [5.74, 6) is -1.42. The normalized spacial score (nSPS) is 10.9. The van der Waals surface area contributed by atoms with Crippen LogP contribution in [0.25, 0.3) is 10.8 Å². The molecule has 0 aromatic heterocycles. The Morgan fingerprint density at radius 2 is 1.33 bits per heavy atom. The van der Waals surface area contributed by atoms with Gasteiger partial charge in [0.05, 0.1) is 23.8 Å². The number of ether oxygens (including phenoxy) is 2. The summed E-state index contributed by atoms with van der Waals surface area (Å²) in [7, 11) is 0. The minimum atomic E-state index is -0.664. The maximum atomic E-state index is 12.9. The topological polar surface area (TPSA) is 94.1 Å². The molecule has 0 unspecified atom stereocenters. The predicted molar refractivity (Wildman–Crippen MR) is 163 cm³/mol. The molecule has 0 heterocycles. The van der Waals surface area contributed by atoms with Crippen LogP contribution in [0.5, 0.6) is 11.5 Å². The molecule has 0 aliphatic carbocycles. The number of hydrogen-bond donors (Lipinski definition) is 1. The number of halogens is 2. The van der Waals surface area contributed by atoms with Gasteiger partial charge >= 0.3 is 11.9 Å². The first-order valence-electron chi connectivity index (χ1n) is 12.7. The number of benzene rings is 5. The number of rotatable bonds is 8. The van der Waals surface area contributed by atoms with Crippen molar-refractivity contribution in [1.82, 2.24) is 5.43 Å². The molecule has 0 saturated heterocycles. The van der Waals surface area contributed by atoms with Crippen LogP contribution in [0.3, 0.4) is 0 Å². The number of carbonyl (C=O) groups is 3.